The van der Waals surface area contributed by atoms with Gasteiger partial charge in [0.2, 0.25) is 5.91 Å². The minimum atomic E-state index is -0.426. The van der Waals surface area contributed by atoms with E-state index >= 15 is 0 Å². The SMILES string of the molecule is COCCC(=O)N1CCC(O)C1(C)C. The second-order valence-corrected chi connectivity index (χ2v) is 4.25. The molecule has 1 atom stereocenters. The molecule has 1 saturated heterocycles. The number of methoxy groups -OCH3 is 1. The molecule has 4 nitrogen and oxygen atoms in total. The minimum absolute atomic E-state index is 0.0633. The largest absolute Gasteiger partial charge is 0.391 e. The normalized spacial score (nSPS) is 25.4. The van der Waals surface area contributed by atoms with Crippen molar-refractivity contribution in [1.29, 1.82) is 0 Å². The highest BCUT2D eigenvalue weighted by atomic mass is 16.5. The monoisotopic (exact) mass is 201 g/mol. The van der Waals surface area contributed by atoms with Gasteiger partial charge in [0.15, 0.2) is 0 Å². The molecule has 82 valence electrons. The van der Waals surface area contributed by atoms with Crippen molar-refractivity contribution in [3.05, 3.63) is 0 Å². The molecular formula is C10H19NO3. The zero-order valence-electron chi connectivity index (χ0n) is 9.12. The van der Waals surface area contributed by atoms with E-state index in [0.717, 1.165) is 0 Å². The molecule has 1 N–H and O–H groups in total. The van der Waals surface area contributed by atoms with Crippen LogP contribution < -0.4 is 0 Å². The zero-order valence-corrected chi connectivity index (χ0v) is 9.12. The fourth-order valence-corrected chi connectivity index (χ4v) is 1.84. The Labute approximate surface area is 84.8 Å². The van der Waals surface area contributed by atoms with Crippen LogP contribution in [0.25, 0.3) is 0 Å². The van der Waals surface area contributed by atoms with Crippen LogP contribution in [0.15, 0.2) is 0 Å². The molecular weight excluding hydrogens is 182 g/mol. The summed E-state index contributed by atoms with van der Waals surface area (Å²) in [5.41, 5.74) is -0.426. The number of rotatable bonds is 3. The predicted molar refractivity (Wildman–Crippen MR) is 52.9 cm³/mol. The molecule has 1 rings (SSSR count). The molecule has 1 fully saturated rings. The van der Waals surface area contributed by atoms with Crippen molar-refractivity contribution >= 4 is 5.91 Å². The van der Waals surface area contributed by atoms with Crippen molar-refractivity contribution in [2.24, 2.45) is 0 Å². The average Bonchev–Trinajstić information content (AvgIpc) is 2.38. The minimum Gasteiger partial charge on any atom is -0.391 e. The summed E-state index contributed by atoms with van der Waals surface area (Å²) >= 11 is 0. The average molecular weight is 201 g/mol. The first kappa shape index (κ1) is 11.5. The summed E-state index contributed by atoms with van der Waals surface area (Å²) in [5, 5.41) is 9.68. The van der Waals surface area contributed by atoms with Gasteiger partial charge in [-0.05, 0) is 20.3 Å². The molecule has 1 unspecified atom stereocenters. The molecule has 0 aromatic rings. The van der Waals surface area contributed by atoms with Gasteiger partial charge < -0.3 is 14.7 Å². The van der Waals surface area contributed by atoms with E-state index in [1.54, 1.807) is 12.0 Å². The summed E-state index contributed by atoms with van der Waals surface area (Å²) < 4.78 is 4.86. The Hall–Kier alpha value is -0.610. The summed E-state index contributed by atoms with van der Waals surface area (Å²) in [6, 6.07) is 0. The number of carbonyl (C=O) groups is 1. The lowest BCUT2D eigenvalue weighted by Gasteiger charge is -2.33. The first-order valence-electron chi connectivity index (χ1n) is 4.97. The molecule has 1 amide bonds. The van der Waals surface area contributed by atoms with Crippen LogP contribution in [0.1, 0.15) is 26.7 Å². The molecule has 0 aromatic heterocycles. The van der Waals surface area contributed by atoms with E-state index in [1.807, 2.05) is 13.8 Å². The maximum Gasteiger partial charge on any atom is 0.225 e. The van der Waals surface area contributed by atoms with Crippen LogP contribution in [0, 0.1) is 0 Å². The number of hydrogen-bond donors (Lipinski definition) is 1. The van der Waals surface area contributed by atoms with E-state index in [2.05, 4.69) is 0 Å². The van der Waals surface area contributed by atoms with Crippen LogP contribution in [-0.2, 0) is 9.53 Å². The lowest BCUT2D eigenvalue weighted by Crippen LogP contribution is -2.48. The molecule has 1 heterocycles. The standard InChI is InChI=1S/C10H19NO3/c1-10(2)8(12)4-6-11(10)9(13)5-7-14-3/h8,12H,4-7H2,1-3H3. The van der Waals surface area contributed by atoms with Gasteiger partial charge >= 0.3 is 0 Å². The van der Waals surface area contributed by atoms with Crippen LogP contribution in [0.5, 0.6) is 0 Å². The number of likely N-dealkylation sites (tertiary alicyclic amines) is 1. The number of ether oxygens (including phenoxy) is 1. The van der Waals surface area contributed by atoms with Crippen molar-refractivity contribution in [2.75, 3.05) is 20.3 Å². The van der Waals surface area contributed by atoms with Crippen LogP contribution in [-0.4, -0.2) is 47.8 Å². The molecule has 0 saturated carbocycles. The second kappa shape index (κ2) is 4.28. The van der Waals surface area contributed by atoms with Gasteiger partial charge in [-0.15, -0.1) is 0 Å². The van der Waals surface area contributed by atoms with E-state index in [-0.39, 0.29) is 5.91 Å². The summed E-state index contributed by atoms with van der Waals surface area (Å²) in [7, 11) is 1.58. The molecule has 0 aliphatic carbocycles. The van der Waals surface area contributed by atoms with Crippen LogP contribution in [0.4, 0.5) is 0 Å². The van der Waals surface area contributed by atoms with Crippen molar-refractivity contribution in [1.82, 2.24) is 4.90 Å². The molecule has 1 aliphatic heterocycles. The van der Waals surface area contributed by atoms with Crippen molar-refractivity contribution in [3.63, 3.8) is 0 Å². The van der Waals surface area contributed by atoms with Gasteiger partial charge in [0, 0.05) is 13.7 Å². The third kappa shape index (κ3) is 2.07. The molecule has 4 heteroatoms. The Kier molecular flexibility index (Phi) is 3.50. The fourth-order valence-electron chi connectivity index (χ4n) is 1.84. The molecule has 0 aromatic carbocycles. The number of aliphatic hydroxyl groups excluding tert-OH is 1. The Bertz CT molecular complexity index is 215. The van der Waals surface area contributed by atoms with Gasteiger partial charge in [0.05, 0.1) is 24.7 Å². The van der Waals surface area contributed by atoms with Crippen molar-refractivity contribution in [3.8, 4) is 0 Å². The van der Waals surface area contributed by atoms with Gasteiger partial charge in [-0.3, -0.25) is 4.79 Å². The molecule has 14 heavy (non-hydrogen) atoms. The third-order valence-electron chi connectivity index (χ3n) is 2.96. The summed E-state index contributed by atoms with van der Waals surface area (Å²) in [6.07, 6.45) is 0.659. The zero-order chi connectivity index (χ0) is 10.8. The van der Waals surface area contributed by atoms with E-state index in [1.165, 1.54) is 0 Å². The van der Waals surface area contributed by atoms with E-state index < -0.39 is 11.6 Å². The van der Waals surface area contributed by atoms with Crippen LogP contribution in [0.3, 0.4) is 0 Å². The van der Waals surface area contributed by atoms with E-state index in [4.69, 9.17) is 4.74 Å². The lowest BCUT2D eigenvalue weighted by molar-refractivity contribution is -0.137. The second-order valence-electron chi connectivity index (χ2n) is 4.25. The number of hydrogen-bond acceptors (Lipinski definition) is 3. The highest BCUT2D eigenvalue weighted by Gasteiger charge is 2.42. The van der Waals surface area contributed by atoms with Crippen LogP contribution >= 0.6 is 0 Å². The smallest absolute Gasteiger partial charge is 0.225 e. The summed E-state index contributed by atoms with van der Waals surface area (Å²) in [5.74, 6) is 0.0633. The van der Waals surface area contributed by atoms with Gasteiger partial charge in [0.1, 0.15) is 0 Å². The Balaban J connectivity index is 2.56. The number of aliphatic hydroxyl groups is 1. The third-order valence-corrected chi connectivity index (χ3v) is 2.96. The number of carbonyl (C=O) groups excluding carboxylic acids is 1. The van der Waals surface area contributed by atoms with Crippen molar-refractivity contribution < 1.29 is 14.6 Å². The number of nitrogens with zero attached hydrogens (tertiary/aromatic N) is 1. The fraction of sp³-hybridized carbons (Fsp3) is 0.900. The highest BCUT2D eigenvalue weighted by molar-refractivity contribution is 5.77. The number of amides is 1. The van der Waals surface area contributed by atoms with Gasteiger partial charge in [-0.25, -0.2) is 0 Å². The quantitative estimate of drug-likeness (QED) is 0.719. The van der Waals surface area contributed by atoms with Crippen LogP contribution in [0.2, 0.25) is 0 Å². The predicted octanol–water partition coefficient (Wildman–Crippen LogP) is 0.395. The maximum absolute atomic E-state index is 11.7. The van der Waals surface area contributed by atoms with Gasteiger partial charge in [-0.1, -0.05) is 0 Å². The van der Waals surface area contributed by atoms with Gasteiger partial charge in [0.25, 0.3) is 0 Å². The van der Waals surface area contributed by atoms with Gasteiger partial charge in [-0.2, -0.15) is 0 Å². The lowest BCUT2D eigenvalue weighted by atomic mass is 9.98. The van der Waals surface area contributed by atoms with E-state index in [0.29, 0.717) is 26.0 Å². The molecule has 0 spiro atoms. The maximum atomic E-state index is 11.7. The first-order chi connectivity index (χ1) is 6.50. The topological polar surface area (TPSA) is 49.8 Å². The Morgan fingerprint density at radius 2 is 2.29 bits per heavy atom. The Morgan fingerprint density at radius 1 is 1.64 bits per heavy atom. The first-order valence-corrected chi connectivity index (χ1v) is 4.97. The summed E-state index contributed by atoms with van der Waals surface area (Å²) in [4.78, 5) is 13.4. The molecule has 1 aliphatic rings. The van der Waals surface area contributed by atoms with E-state index in [9.17, 15) is 9.90 Å². The molecule has 0 bridgehead atoms. The Morgan fingerprint density at radius 3 is 2.71 bits per heavy atom. The highest BCUT2D eigenvalue weighted by Crippen LogP contribution is 2.29. The van der Waals surface area contributed by atoms with Crippen molar-refractivity contribution in [2.45, 2.75) is 38.3 Å². The summed E-state index contributed by atoms with van der Waals surface area (Å²) in [6.45, 7) is 4.89. The molecule has 0 radical (unpaired) electrons.